The van der Waals surface area contributed by atoms with Gasteiger partial charge in [0, 0.05) is 0 Å². The number of thiophene rings is 2. The number of ketones is 1. The molecule has 0 aromatic carbocycles. The van der Waals surface area contributed by atoms with Crippen LogP contribution in [0.5, 0.6) is 0 Å². The van der Waals surface area contributed by atoms with E-state index >= 15 is 0 Å². The smallest absolute Gasteiger partial charge is 0.212 e. The van der Waals surface area contributed by atoms with Crippen molar-refractivity contribution in [2.45, 2.75) is 32.1 Å². The third-order valence-corrected chi connectivity index (χ3v) is 4.48. The lowest BCUT2D eigenvalue weighted by Crippen LogP contribution is -1.93. The molecule has 1 fully saturated rings. The molecular weight excluding hydrogens is 248 g/mol. The van der Waals surface area contributed by atoms with Crippen LogP contribution in [0.2, 0.25) is 0 Å². The summed E-state index contributed by atoms with van der Waals surface area (Å²) in [7, 11) is 0. The molecule has 90 valence electrons. The van der Waals surface area contributed by atoms with Crippen molar-refractivity contribution in [1.82, 2.24) is 0 Å². The van der Waals surface area contributed by atoms with E-state index in [1.165, 1.54) is 54.8 Å². The number of hydrogen-bond donors (Lipinski definition) is 0. The van der Waals surface area contributed by atoms with Crippen molar-refractivity contribution in [1.29, 1.82) is 0 Å². The Hall–Kier alpha value is -0.930. The minimum absolute atomic E-state index is 0.139. The maximum Gasteiger partial charge on any atom is 0.212 e. The van der Waals surface area contributed by atoms with Crippen molar-refractivity contribution in [2.75, 3.05) is 0 Å². The van der Waals surface area contributed by atoms with Gasteiger partial charge < -0.3 is 0 Å². The third kappa shape index (κ3) is 3.79. The lowest BCUT2D eigenvalue weighted by Gasteiger charge is -1.89. The summed E-state index contributed by atoms with van der Waals surface area (Å²) in [6, 6.07) is 7.50. The first-order chi connectivity index (χ1) is 8.38. The summed E-state index contributed by atoms with van der Waals surface area (Å²) in [5.41, 5.74) is 0. The van der Waals surface area contributed by atoms with Crippen molar-refractivity contribution in [2.24, 2.45) is 0 Å². The van der Waals surface area contributed by atoms with Gasteiger partial charge in [-0.1, -0.05) is 44.2 Å². The Balaban J connectivity index is 0.000000181. The molecule has 1 nitrogen and oxygen atoms in total. The van der Waals surface area contributed by atoms with Gasteiger partial charge in [0.05, 0.1) is 9.75 Å². The molecule has 0 N–H and O–H groups in total. The number of hydrogen-bond acceptors (Lipinski definition) is 3. The minimum Gasteiger partial charge on any atom is -0.287 e. The summed E-state index contributed by atoms with van der Waals surface area (Å²) >= 11 is 2.97. The zero-order valence-electron chi connectivity index (χ0n) is 9.72. The number of rotatable bonds is 2. The van der Waals surface area contributed by atoms with Crippen molar-refractivity contribution in [3.8, 4) is 0 Å². The fourth-order valence-electron chi connectivity index (χ4n) is 1.82. The van der Waals surface area contributed by atoms with Gasteiger partial charge in [0.2, 0.25) is 5.78 Å². The van der Waals surface area contributed by atoms with E-state index in [1.54, 1.807) is 0 Å². The third-order valence-electron chi connectivity index (χ3n) is 2.74. The highest BCUT2D eigenvalue weighted by Crippen LogP contribution is 2.18. The van der Waals surface area contributed by atoms with Gasteiger partial charge >= 0.3 is 0 Å². The van der Waals surface area contributed by atoms with E-state index in [2.05, 4.69) is 0 Å². The van der Waals surface area contributed by atoms with Crippen LogP contribution < -0.4 is 0 Å². The van der Waals surface area contributed by atoms with Gasteiger partial charge in [-0.05, 0) is 22.9 Å². The second-order valence-corrected chi connectivity index (χ2v) is 5.95. The van der Waals surface area contributed by atoms with Crippen LogP contribution in [0.4, 0.5) is 0 Å². The van der Waals surface area contributed by atoms with Gasteiger partial charge in [-0.2, -0.15) is 0 Å². The quantitative estimate of drug-likeness (QED) is 0.698. The maximum absolute atomic E-state index is 11.6. The lowest BCUT2D eigenvalue weighted by atomic mass is 10.3. The van der Waals surface area contributed by atoms with E-state index in [0.29, 0.717) is 0 Å². The van der Waals surface area contributed by atoms with Crippen LogP contribution in [0.1, 0.15) is 46.7 Å². The first-order valence-electron chi connectivity index (χ1n) is 5.99. The van der Waals surface area contributed by atoms with Crippen molar-refractivity contribution >= 4 is 28.5 Å². The molecule has 1 aliphatic carbocycles. The van der Waals surface area contributed by atoms with Crippen LogP contribution in [0, 0.1) is 0 Å². The molecule has 2 aromatic heterocycles. The molecule has 0 unspecified atom stereocenters. The van der Waals surface area contributed by atoms with Crippen LogP contribution in [-0.4, -0.2) is 5.78 Å². The molecule has 0 bridgehead atoms. The Morgan fingerprint density at radius 2 is 1.24 bits per heavy atom. The molecule has 0 spiro atoms. The molecule has 0 aliphatic heterocycles. The first-order valence-corrected chi connectivity index (χ1v) is 7.75. The Bertz CT molecular complexity index is 381. The standard InChI is InChI=1S/C9H6OS2.C5H10/c10-9(7-3-1-5-11-7)8-4-2-6-12-8;1-2-4-5-3-1/h1-6H;1-5H2. The molecule has 0 saturated heterocycles. The zero-order chi connectivity index (χ0) is 11.9. The van der Waals surface area contributed by atoms with Crippen LogP contribution in [-0.2, 0) is 0 Å². The fraction of sp³-hybridized carbons (Fsp3) is 0.357. The second-order valence-electron chi connectivity index (χ2n) is 4.05. The van der Waals surface area contributed by atoms with Crippen LogP contribution in [0.3, 0.4) is 0 Å². The molecule has 17 heavy (non-hydrogen) atoms. The first kappa shape index (κ1) is 12.5. The lowest BCUT2D eigenvalue weighted by molar-refractivity contribution is 0.104. The average Bonchev–Trinajstić information content (AvgIpc) is 3.11. The van der Waals surface area contributed by atoms with E-state index in [-0.39, 0.29) is 5.78 Å². The van der Waals surface area contributed by atoms with Crippen LogP contribution in [0.15, 0.2) is 35.0 Å². The fourth-order valence-corrected chi connectivity index (χ4v) is 3.24. The predicted octanol–water partition coefficient (Wildman–Crippen LogP) is 4.99. The Morgan fingerprint density at radius 1 is 0.824 bits per heavy atom. The summed E-state index contributed by atoms with van der Waals surface area (Å²) in [4.78, 5) is 13.2. The van der Waals surface area contributed by atoms with Gasteiger partial charge in [0.1, 0.15) is 0 Å². The Morgan fingerprint density at radius 3 is 1.53 bits per heavy atom. The molecule has 2 aromatic rings. The van der Waals surface area contributed by atoms with Crippen molar-refractivity contribution < 1.29 is 4.79 Å². The van der Waals surface area contributed by atoms with Gasteiger partial charge in [-0.15, -0.1) is 22.7 Å². The minimum atomic E-state index is 0.139. The maximum atomic E-state index is 11.6. The summed E-state index contributed by atoms with van der Waals surface area (Å²) in [5, 5.41) is 3.84. The van der Waals surface area contributed by atoms with E-state index in [4.69, 9.17) is 0 Å². The summed E-state index contributed by atoms with van der Waals surface area (Å²) in [5.74, 6) is 0.139. The molecule has 2 heterocycles. The average molecular weight is 264 g/mol. The molecule has 3 rings (SSSR count). The highest BCUT2D eigenvalue weighted by Gasteiger charge is 2.09. The largest absolute Gasteiger partial charge is 0.287 e. The van der Waals surface area contributed by atoms with Crippen LogP contribution in [0.25, 0.3) is 0 Å². The molecule has 0 radical (unpaired) electrons. The molecule has 0 atom stereocenters. The Labute approximate surface area is 110 Å². The zero-order valence-corrected chi connectivity index (χ0v) is 11.4. The predicted molar refractivity (Wildman–Crippen MR) is 75.2 cm³/mol. The van der Waals surface area contributed by atoms with Gasteiger partial charge in [-0.25, -0.2) is 0 Å². The SMILES string of the molecule is C1CCCC1.O=C(c1cccs1)c1cccs1. The van der Waals surface area contributed by atoms with E-state index < -0.39 is 0 Å². The Kier molecular flexibility index (Phi) is 4.95. The second kappa shape index (κ2) is 6.72. The highest BCUT2D eigenvalue weighted by molar-refractivity contribution is 7.15. The summed E-state index contributed by atoms with van der Waals surface area (Å²) in [6.07, 6.45) is 7.50. The highest BCUT2D eigenvalue weighted by atomic mass is 32.1. The topological polar surface area (TPSA) is 17.1 Å². The molecule has 0 amide bonds. The van der Waals surface area contributed by atoms with E-state index in [9.17, 15) is 4.79 Å². The van der Waals surface area contributed by atoms with Gasteiger partial charge in [0.15, 0.2) is 0 Å². The van der Waals surface area contributed by atoms with E-state index in [1.807, 2.05) is 35.0 Å². The van der Waals surface area contributed by atoms with E-state index in [0.717, 1.165) is 9.75 Å². The molecule has 1 aliphatic rings. The molecule has 1 saturated carbocycles. The number of carbonyl (C=O) groups is 1. The number of carbonyl (C=O) groups excluding carboxylic acids is 1. The van der Waals surface area contributed by atoms with Crippen LogP contribution >= 0.6 is 22.7 Å². The summed E-state index contributed by atoms with van der Waals surface area (Å²) < 4.78 is 0. The van der Waals surface area contributed by atoms with Gasteiger partial charge in [-0.3, -0.25) is 4.79 Å². The monoisotopic (exact) mass is 264 g/mol. The van der Waals surface area contributed by atoms with Crippen molar-refractivity contribution in [3.63, 3.8) is 0 Å². The molecule has 3 heteroatoms. The van der Waals surface area contributed by atoms with Gasteiger partial charge in [0.25, 0.3) is 0 Å². The van der Waals surface area contributed by atoms with Crippen molar-refractivity contribution in [3.05, 3.63) is 44.8 Å². The normalized spacial score (nSPS) is 14.1. The molecular formula is C14H16OS2. The summed E-state index contributed by atoms with van der Waals surface area (Å²) in [6.45, 7) is 0.